The Balaban J connectivity index is 3.28. The molecule has 2 heteroatoms. The highest BCUT2D eigenvalue weighted by atomic mass is 32.1. The molecule has 1 aromatic rings. The van der Waals surface area contributed by atoms with Crippen LogP contribution in [0.25, 0.3) is 5.57 Å². The fraction of sp³-hybridized carbons (Fsp3) is 0.400. The van der Waals surface area contributed by atoms with E-state index in [1.807, 2.05) is 6.92 Å². The molecule has 1 rings (SSSR count). The molecule has 0 aliphatic heterocycles. The molecule has 0 saturated carbocycles. The summed E-state index contributed by atoms with van der Waals surface area (Å²) >= 11 is 1.78. The second-order valence-corrected chi connectivity index (χ2v) is 4.38. The van der Waals surface area contributed by atoms with Crippen LogP contribution in [0.3, 0.4) is 0 Å². The lowest BCUT2D eigenvalue weighted by Crippen LogP contribution is -1.95. The van der Waals surface area contributed by atoms with Crippen LogP contribution in [0, 0.1) is 13.8 Å². The summed E-state index contributed by atoms with van der Waals surface area (Å²) in [6, 6.07) is 0. The largest absolute Gasteiger partial charge is 0.326 e. The summed E-state index contributed by atoms with van der Waals surface area (Å²) in [5, 5.41) is 0. The molecule has 0 radical (unpaired) electrons. The first-order chi connectivity index (χ1) is 5.57. The van der Waals surface area contributed by atoms with Crippen molar-refractivity contribution in [3.05, 3.63) is 27.5 Å². The molecule has 2 N–H and O–H groups in total. The predicted molar refractivity (Wildman–Crippen MR) is 56.4 cm³/mol. The number of allylic oxidation sites excluding steroid dienone is 1. The van der Waals surface area contributed by atoms with Crippen molar-refractivity contribution < 1.29 is 0 Å². The summed E-state index contributed by atoms with van der Waals surface area (Å²) in [5.41, 5.74) is 9.37. The predicted octanol–water partition coefficient (Wildman–Crippen LogP) is 2.86. The smallest absolute Gasteiger partial charge is 0.0276 e. The van der Waals surface area contributed by atoms with Gasteiger partial charge in [-0.2, -0.15) is 0 Å². The molecule has 0 saturated heterocycles. The van der Waals surface area contributed by atoms with E-state index < -0.39 is 0 Å². The van der Waals surface area contributed by atoms with Crippen molar-refractivity contribution in [3.63, 3.8) is 0 Å². The Morgan fingerprint density at radius 2 is 2.08 bits per heavy atom. The van der Waals surface area contributed by atoms with E-state index >= 15 is 0 Å². The SMILES string of the molecule is C=C(C)c1c(C)sc(CN)c1C. The molecule has 0 aliphatic carbocycles. The van der Waals surface area contributed by atoms with Crippen molar-refractivity contribution in [1.29, 1.82) is 0 Å². The molecule has 0 bridgehead atoms. The van der Waals surface area contributed by atoms with Crippen molar-refractivity contribution >= 4 is 16.9 Å². The van der Waals surface area contributed by atoms with Crippen LogP contribution in [0.2, 0.25) is 0 Å². The Hall–Kier alpha value is -0.600. The minimum atomic E-state index is 0.643. The zero-order valence-corrected chi connectivity index (χ0v) is 8.72. The van der Waals surface area contributed by atoms with Gasteiger partial charge in [-0.25, -0.2) is 0 Å². The summed E-state index contributed by atoms with van der Waals surface area (Å²) in [7, 11) is 0. The first kappa shape index (κ1) is 9.49. The van der Waals surface area contributed by atoms with E-state index in [-0.39, 0.29) is 0 Å². The maximum absolute atomic E-state index is 5.61. The highest BCUT2D eigenvalue weighted by molar-refractivity contribution is 7.12. The third-order valence-corrected chi connectivity index (χ3v) is 3.26. The molecule has 0 spiro atoms. The van der Waals surface area contributed by atoms with E-state index in [4.69, 9.17) is 5.73 Å². The Kier molecular flexibility index (Phi) is 2.70. The highest BCUT2D eigenvalue weighted by Crippen LogP contribution is 2.31. The van der Waals surface area contributed by atoms with Crippen LogP contribution in [-0.2, 0) is 6.54 Å². The number of rotatable bonds is 2. The molecule has 1 aromatic heterocycles. The lowest BCUT2D eigenvalue weighted by molar-refractivity contribution is 1.09. The van der Waals surface area contributed by atoms with E-state index in [1.165, 1.54) is 20.9 Å². The molecule has 12 heavy (non-hydrogen) atoms. The third kappa shape index (κ3) is 1.45. The van der Waals surface area contributed by atoms with Gasteiger partial charge in [0.1, 0.15) is 0 Å². The molecule has 0 atom stereocenters. The van der Waals surface area contributed by atoms with Crippen molar-refractivity contribution in [1.82, 2.24) is 0 Å². The maximum Gasteiger partial charge on any atom is 0.0276 e. The summed E-state index contributed by atoms with van der Waals surface area (Å²) in [6.45, 7) is 10.9. The van der Waals surface area contributed by atoms with Gasteiger partial charge in [-0.15, -0.1) is 11.3 Å². The highest BCUT2D eigenvalue weighted by Gasteiger charge is 2.10. The van der Waals surface area contributed by atoms with Gasteiger partial charge in [-0.05, 0) is 37.5 Å². The summed E-state index contributed by atoms with van der Waals surface area (Å²) in [4.78, 5) is 2.62. The van der Waals surface area contributed by atoms with Crippen molar-refractivity contribution in [2.24, 2.45) is 5.73 Å². The van der Waals surface area contributed by atoms with Crippen LogP contribution in [0.5, 0.6) is 0 Å². The molecule has 1 heterocycles. The average Bonchev–Trinajstić information content (AvgIpc) is 2.25. The van der Waals surface area contributed by atoms with Gasteiger partial charge >= 0.3 is 0 Å². The molecule has 0 amide bonds. The Morgan fingerprint density at radius 1 is 1.50 bits per heavy atom. The van der Waals surface area contributed by atoms with Crippen LogP contribution in [0.1, 0.15) is 27.8 Å². The monoisotopic (exact) mass is 181 g/mol. The minimum Gasteiger partial charge on any atom is -0.326 e. The standard InChI is InChI=1S/C10H15NS/c1-6(2)10-7(3)9(5-11)12-8(10)4/h1,5,11H2,2-4H3. The minimum absolute atomic E-state index is 0.643. The van der Waals surface area contributed by atoms with Gasteiger partial charge < -0.3 is 5.73 Å². The maximum atomic E-state index is 5.61. The molecule has 0 aliphatic rings. The fourth-order valence-electron chi connectivity index (χ4n) is 1.53. The van der Waals surface area contributed by atoms with Crippen LogP contribution in [-0.4, -0.2) is 0 Å². The van der Waals surface area contributed by atoms with Gasteiger partial charge in [0.15, 0.2) is 0 Å². The fourth-order valence-corrected chi connectivity index (χ4v) is 2.67. The van der Waals surface area contributed by atoms with Gasteiger partial charge in [0, 0.05) is 16.3 Å². The van der Waals surface area contributed by atoms with Gasteiger partial charge in [0.05, 0.1) is 0 Å². The Morgan fingerprint density at radius 3 is 2.33 bits per heavy atom. The lowest BCUT2D eigenvalue weighted by atomic mass is 10.0. The van der Waals surface area contributed by atoms with Gasteiger partial charge in [-0.3, -0.25) is 0 Å². The molecule has 0 fully saturated rings. The average molecular weight is 181 g/mol. The summed E-state index contributed by atoms with van der Waals surface area (Å²) < 4.78 is 0. The Bertz CT molecular complexity index is 310. The zero-order valence-electron chi connectivity index (χ0n) is 7.90. The van der Waals surface area contributed by atoms with Crippen LogP contribution in [0.15, 0.2) is 6.58 Å². The van der Waals surface area contributed by atoms with Crippen LogP contribution < -0.4 is 5.73 Å². The number of aryl methyl sites for hydroxylation is 1. The number of hydrogen-bond acceptors (Lipinski definition) is 2. The van der Waals surface area contributed by atoms with Gasteiger partial charge in [0.2, 0.25) is 0 Å². The number of nitrogens with two attached hydrogens (primary N) is 1. The van der Waals surface area contributed by atoms with E-state index in [9.17, 15) is 0 Å². The second kappa shape index (κ2) is 3.42. The van der Waals surface area contributed by atoms with Crippen molar-refractivity contribution in [3.8, 4) is 0 Å². The van der Waals surface area contributed by atoms with E-state index in [0.717, 1.165) is 5.57 Å². The zero-order chi connectivity index (χ0) is 9.30. The van der Waals surface area contributed by atoms with Gasteiger partial charge in [-0.1, -0.05) is 6.58 Å². The molecule has 0 aromatic carbocycles. The first-order valence-electron chi connectivity index (χ1n) is 4.02. The summed E-state index contributed by atoms with van der Waals surface area (Å²) in [5.74, 6) is 0. The van der Waals surface area contributed by atoms with Crippen LogP contribution >= 0.6 is 11.3 Å². The molecule has 0 unspecified atom stereocenters. The number of hydrogen-bond donors (Lipinski definition) is 1. The quantitative estimate of drug-likeness (QED) is 0.746. The van der Waals surface area contributed by atoms with E-state index in [1.54, 1.807) is 11.3 Å². The number of thiophene rings is 1. The topological polar surface area (TPSA) is 26.0 Å². The molecule has 1 nitrogen and oxygen atoms in total. The second-order valence-electron chi connectivity index (χ2n) is 3.07. The van der Waals surface area contributed by atoms with E-state index in [2.05, 4.69) is 20.4 Å². The van der Waals surface area contributed by atoms with Gasteiger partial charge in [0.25, 0.3) is 0 Å². The normalized spacial score (nSPS) is 10.3. The molecule has 66 valence electrons. The molecular weight excluding hydrogens is 166 g/mol. The molecular formula is C10H15NS. The lowest BCUT2D eigenvalue weighted by Gasteiger charge is -2.00. The van der Waals surface area contributed by atoms with E-state index in [0.29, 0.717) is 6.54 Å². The summed E-state index contributed by atoms with van der Waals surface area (Å²) in [6.07, 6.45) is 0. The first-order valence-corrected chi connectivity index (χ1v) is 4.84. The van der Waals surface area contributed by atoms with Crippen molar-refractivity contribution in [2.75, 3.05) is 0 Å². The third-order valence-electron chi connectivity index (χ3n) is 2.03. The van der Waals surface area contributed by atoms with Crippen molar-refractivity contribution in [2.45, 2.75) is 27.3 Å². The van der Waals surface area contributed by atoms with Crippen LogP contribution in [0.4, 0.5) is 0 Å². The Labute approximate surface area is 77.9 Å².